The molecule has 0 aromatic rings. The van der Waals surface area contributed by atoms with Gasteiger partial charge in [-0.1, -0.05) is 61.1 Å². The van der Waals surface area contributed by atoms with Crippen LogP contribution < -0.4 is 5.32 Å². The molecule has 1 N–H and O–H groups in total. The van der Waals surface area contributed by atoms with Gasteiger partial charge in [-0.25, -0.2) is 0 Å². The topological polar surface area (TPSA) is 21.3 Å². The van der Waals surface area contributed by atoms with E-state index in [2.05, 4.69) is 51.1 Å². The molecule has 0 fully saturated rings. The van der Waals surface area contributed by atoms with Crippen LogP contribution in [0.2, 0.25) is 0 Å². The first-order valence-electron chi connectivity index (χ1n) is 6.59. The summed E-state index contributed by atoms with van der Waals surface area (Å²) in [4.78, 5) is 0. The van der Waals surface area contributed by atoms with Crippen molar-refractivity contribution in [1.82, 2.24) is 5.32 Å². The number of ether oxygens (including phenoxy) is 1. The zero-order chi connectivity index (χ0) is 13.8. The lowest BCUT2D eigenvalue weighted by Gasteiger charge is -2.15. The van der Waals surface area contributed by atoms with E-state index in [-0.39, 0.29) is 5.44 Å². The van der Waals surface area contributed by atoms with Crippen LogP contribution in [0, 0.1) is 17.8 Å². The van der Waals surface area contributed by atoms with Crippen LogP contribution in [0.1, 0.15) is 40.5 Å². The van der Waals surface area contributed by atoms with E-state index in [0.29, 0.717) is 18.6 Å². The largest absolute Gasteiger partial charge is 0.354 e. The molecule has 0 aliphatic carbocycles. The average molecular weight is 290 g/mol. The van der Waals surface area contributed by atoms with E-state index in [1.807, 2.05) is 0 Å². The molecule has 0 aliphatic heterocycles. The fourth-order valence-electron chi connectivity index (χ4n) is 1.31. The van der Waals surface area contributed by atoms with Gasteiger partial charge >= 0.3 is 0 Å². The molecule has 0 bridgehead atoms. The van der Waals surface area contributed by atoms with Gasteiger partial charge in [0.25, 0.3) is 0 Å². The first-order chi connectivity index (χ1) is 8.56. The maximum Gasteiger partial charge on any atom is 0.114 e. The van der Waals surface area contributed by atoms with Gasteiger partial charge in [0.1, 0.15) is 12.0 Å². The number of nitrogens with one attached hydrogen (secondary N) is 1. The Bertz CT molecular complexity index is 246. The highest BCUT2D eigenvalue weighted by Gasteiger charge is 2.08. The lowest BCUT2D eigenvalue weighted by atomic mass is 10.2. The van der Waals surface area contributed by atoms with Gasteiger partial charge in [-0.05, 0) is 25.6 Å². The monoisotopic (exact) mass is 289 g/mol. The molecular weight excluding hydrogens is 262 g/mol. The van der Waals surface area contributed by atoms with E-state index in [0.717, 1.165) is 19.4 Å². The van der Waals surface area contributed by atoms with E-state index in [4.69, 9.17) is 4.74 Å². The fourth-order valence-corrected chi connectivity index (χ4v) is 3.01. The summed E-state index contributed by atoms with van der Waals surface area (Å²) in [7, 11) is 3.55. The Morgan fingerprint density at radius 1 is 1.22 bits per heavy atom. The van der Waals surface area contributed by atoms with Crippen molar-refractivity contribution in [2.75, 3.05) is 19.4 Å². The molecule has 0 amide bonds. The van der Waals surface area contributed by atoms with Crippen LogP contribution >= 0.6 is 21.6 Å². The molecule has 0 heterocycles. The Balaban J connectivity index is 3.75. The van der Waals surface area contributed by atoms with Crippen LogP contribution in [0.25, 0.3) is 0 Å². The SMILES string of the molecule is CSSC(CCCNC(C)C)OCC#CC(C)C. The molecule has 0 rings (SSSR count). The maximum absolute atomic E-state index is 5.78. The van der Waals surface area contributed by atoms with Crippen LogP contribution in [0.5, 0.6) is 0 Å². The molecule has 106 valence electrons. The van der Waals surface area contributed by atoms with Gasteiger partial charge in [0.05, 0.1) is 0 Å². The molecular formula is C14H27NOS2. The molecule has 18 heavy (non-hydrogen) atoms. The number of hydrogen-bond donors (Lipinski definition) is 1. The van der Waals surface area contributed by atoms with E-state index >= 15 is 0 Å². The summed E-state index contributed by atoms with van der Waals surface area (Å²) in [5, 5.41) is 3.43. The van der Waals surface area contributed by atoms with Gasteiger partial charge in [0.2, 0.25) is 0 Å². The molecule has 1 atom stereocenters. The summed E-state index contributed by atoms with van der Waals surface area (Å²) in [6.07, 6.45) is 4.32. The predicted molar refractivity (Wildman–Crippen MR) is 85.8 cm³/mol. The first-order valence-corrected chi connectivity index (χ1v) is 9.21. The Morgan fingerprint density at radius 3 is 2.50 bits per heavy atom. The van der Waals surface area contributed by atoms with Crippen molar-refractivity contribution in [2.45, 2.75) is 52.0 Å². The minimum Gasteiger partial charge on any atom is -0.354 e. The molecule has 0 radical (unpaired) electrons. The number of rotatable bonds is 9. The summed E-state index contributed by atoms with van der Waals surface area (Å²) in [6.45, 7) is 10.1. The van der Waals surface area contributed by atoms with Crippen LogP contribution in [-0.2, 0) is 4.74 Å². The third-order valence-corrected chi connectivity index (χ3v) is 4.11. The van der Waals surface area contributed by atoms with Crippen molar-refractivity contribution in [3.05, 3.63) is 0 Å². The van der Waals surface area contributed by atoms with Gasteiger partial charge in [0, 0.05) is 12.0 Å². The molecule has 0 aliphatic rings. The molecule has 4 heteroatoms. The fraction of sp³-hybridized carbons (Fsp3) is 0.857. The van der Waals surface area contributed by atoms with E-state index in [1.165, 1.54) is 0 Å². The normalized spacial score (nSPS) is 12.6. The summed E-state index contributed by atoms with van der Waals surface area (Å²) in [5.74, 6) is 6.62. The maximum atomic E-state index is 5.78. The molecule has 0 aromatic heterocycles. The molecule has 0 spiro atoms. The zero-order valence-electron chi connectivity index (χ0n) is 12.3. The van der Waals surface area contributed by atoms with Crippen molar-refractivity contribution >= 4 is 21.6 Å². The lowest BCUT2D eigenvalue weighted by Crippen LogP contribution is -2.24. The third-order valence-electron chi connectivity index (χ3n) is 2.10. The molecule has 1 unspecified atom stereocenters. The summed E-state index contributed by atoms with van der Waals surface area (Å²) in [6, 6.07) is 0.564. The minimum atomic E-state index is 0.260. The second-order valence-corrected chi connectivity index (χ2v) is 7.36. The Hall–Kier alpha value is 0.180. The first kappa shape index (κ1) is 18.2. The highest BCUT2D eigenvalue weighted by atomic mass is 33.1. The highest BCUT2D eigenvalue weighted by molar-refractivity contribution is 8.76. The van der Waals surface area contributed by atoms with Gasteiger partial charge in [-0.3, -0.25) is 0 Å². The van der Waals surface area contributed by atoms with Gasteiger partial charge in [0.15, 0.2) is 0 Å². The van der Waals surface area contributed by atoms with Crippen molar-refractivity contribution in [3.8, 4) is 11.8 Å². The standard InChI is InChI=1S/C14H27NOS2/c1-12(2)8-7-11-16-14(18-17-5)9-6-10-15-13(3)4/h12-15H,6,9-11H2,1-5H3. The third kappa shape index (κ3) is 12.6. The van der Waals surface area contributed by atoms with Crippen molar-refractivity contribution < 1.29 is 4.74 Å². The van der Waals surface area contributed by atoms with E-state index in [9.17, 15) is 0 Å². The summed E-state index contributed by atoms with van der Waals surface area (Å²) < 4.78 is 5.78. The van der Waals surface area contributed by atoms with Crippen molar-refractivity contribution in [2.24, 2.45) is 5.92 Å². The smallest absolute Gasteiger partial charge is 0.114 e. The second kappa shape index (κ2) is 12.2. The van der Waals surface area contributed by atoms with Gasteiger partial charge in [-0.2, -0.15) is 0 Å². The van der Waals surface area contributed by atoms with Crippen LogP contribution in [-0.4, -0.2) is 30.9 Å². The zero-order valence-corrected chi connectivity index (χ0v) is 13.9. The van der Waals surface area contributed by atoms with Gasteiger partial charge < -0.3 is 10.1 Å². The van der Waals surface area contributed by atoms with Crippen LogP contribution in [0.3, 0.4) is 0 Å². The van der Waals surface area contributed by atoms with Crippen LogP contribution in [0.15, 0.2) is 0 Å². The minimum absolute atomic E-state index is 0.260. The summed E-state index contributed by atoms with van der Waals surface area (Å²) in [5.41, 5.74) is 0.260. The predicted octanol–water partition coefficient (Wildman–Crippen LogP) is 3.78. The lowest BCUT2D eigenvalue weighted by molar-refractivity contribution is 0.136. The number of hydrogen-bond acceptors (Lipinski definition) is 4. The van der Waals surface area contributed by atoms with E-state index < -0.39 is 0 Å². The second-order valence-electron chi connectivity index (χ2n) is 4.73. The van der Waals surface area contributed by atoms with Crippen molar-refractivity contribution in [3.63, 3.8) is 0 Å². The van der Waals surface area contributed by atoms with Gasteiger partial charge in [-0.15, -0.1) is 0 Å². The Morgan fingerprint density at radius 2 is 1.94 bits per heavy atom. The van der Waals surface area contributed by atoms with Crippen molar-refractivity contribution in [1.29, 1.82) is 0 Å². The average Bonchev–Trinajstić information content (AvgIpc) is 2.29. The van der Waals surface area contributed by atoms with E-state index in [1.54, 1.807) is 21.6 Å². The molecule has 2 nitrogen and oxygen atoms in total. The molecule has 0 saturated carbocycles. The molecule has 0 aromatic carbocycles. The molecule has 0 saturated heterocycles. The Labute approximate surface area is 121 Å². The Kier molecular flexibility index (Phi) is 12.3. The highest BCUT2D eigenvalue weighted by Crippen LogP contribution is 2.27. The summed E-state index contributed by atoms with van der Waals surface area (Å²) >= 11 is 0. The quantitative estimate of drug-likeness (QED) is 0.302. The van der Waals surface area contributed by atoms with Crippen LogP contribution in [0.4, 0.5) is 0 Å².